The highest BCUT2D eigenvalue weighted by atomic mass is 32.1. The second-order valence-corrected chi connectivity index (χ2v) is 8.61. The second kappa shape index (κ2) is 9.36. The average molecular weight is 448 g/mol. The van der Waals surface area contributed by atoms with Crippen LogP contribution in [-0.2, 0) is 17.8 Å². The molecule has 1 amide bonds. The Morgan fingerprint density at radius 1 is 1.12 bits per heavy atom. The molecule has 0 saturated heterocycles. The molecule has 0 atom stereocenters. The van der Waals surface area contributed by atoms with Crippen molar-refractivity contribution in [3.8, 4) is 16.9 Å². The summed E-state index contributed by atoms with van der Waals surface area (Å²) in [5.74, 6) is 0.525. The zero-order valence-electron chi connectivity index (χ0n) is 18.3. The van der Waals surface area contributed by atoms with Crippen LogP contribution in [0.25, 0.3) is 21.3 Å². The monoisotopic (exact) mass is 447 g/mol. The summed E-state index contributed by atoms with van der Waals surface area (Å²) in [4.78, 5) is 32.2. The van der Waals surface area contributed by atoms with Gasteiger partial charge in [-0.1, -0.05) is 37.3 Å². The van der Waals surface area contributed by atoms with Crippen LogP contribution in [-0.4, -0.2) is 22.1 Å². The number of carbonyl (C=O) groups excluding carboxylic acids is 1. The van der Waals surface area contributed by atoms with Crippen molar-refractivity contribution >= 4 is 33.1 Å². The van der Waals surface area contributed by atoms with Crippen molar-refractivity contribution < 1.29 is 9.53 Å². The lowest BCUT2D eigenvalue weighted by Gasteiger charge is -2.11. The molecule has 0 radical (unpaired) electrons. The third-order valence-corrected chi connectivity index (χ3v) is 6.31. The van der Waals surface area contributed by atoms with Crippen molar-refractivity contribution in [2.45, 2.75) is 33.7 Å². The molecule has 0 aliphatic carbocycles. The van der Waals surface area contributed by atoms with Crippen molar-refractivity contribution in [1.29, 1.82) is 0 Å². The van der Waals surface area contributed by atoms with Gasteiger partial charge >= 0.3 is 0 Å². The average Bonchev–Trinajstić information content (AvgIpc) is 3.13. The van der Waals surface area contributed by atoms with Gasteiger partial charge in [0.2, 0.25) is 5.91 Å². The molecule has 32 heavy (non-hydrogen) atoms. The highest BCUT2D eigenvalue weighted by Crippen LogP contribution is 2.36. The molecule has 2 heterocycles. The highest BCUT2D eigenvalue weighted by Gasteiger charge is 2.18. The van der Waals surface area contributed by atoms with Crippen LogP contribution in [0.2, 0.25) is 0 Å². The van der Waals surface area contributed by atoms with Gasteiger partial charge in [-0.25, -0.2) is 4.98 Å². The molecule has 0 unspecified atom stereocenters. The van der Waals surface area contributed by atoms with Crippen LogP contribution < -0.4 is 15.6 Å². The fraction of sp³-hybridized carbons (Fsp3) is 0.240. The molecule has 0 fully saturated rings. The number of aromatic nitrogens is 2. The minimum absolute atomic E-state index is 0.0998. The van der Waals surface area contributed by atoms with Crippen molar-refractivity contribution in [3.05, 3.63) is 75.7 Å². The van der Waals surface area contributed by atoms with E-state index in [9.17, 15) is 9.59 Å². The summed E-state index contributed by atoms with van der Waals surface area (Å²) in [5.41, 5.74) is 3.38. The predicted octanol–water partition coefficient (Wildman–Crippen LogP) is 5.03. The molecule has 6 nitrogen and oxygen atoms in total. The predicted molar refractivity (Wildman–Crippen MR) is 130 cm³/mol. The smallest absolute Gasteiger partial charge is 0.263 e. The Morgan fingerprint density at radius 3 is 2.59 bits per heavy atom. The highest BCUT2D eigenvalue weighted by molar-refractivity contribution is 7.19. The topological polar surface area (TPSA) is 73.2 Å². The van der Waals surface area contributed by atoms with E-state index in [0.717, 1.165) is 39.4 Å². The summed E-state index contributed by atoms with van der Waals surface area (Å²) >= 11 is 1.48. The summed E-state index contributed by atoms with van der Waals surface area (Å²) in [6, 6.07) is 15.4. The van der Waals surface area contributed by atoms with Crippen molar-refractivity contribution in [2.75, 3.05) is 11.9 Å². The van der Waals surface area contributed by atoms with Gasteiger partial charge in [0, 0.05) is 16.1 Å². The molecule has 4 rings (SSSR count). The quantitative estimate of drug-likeness (QED) is 0.431. The Hall–Kier alpha value is -3.45. The van der Waals surface area contributed by atoms with Gasteiger partial charge in [0.25, 0.3) is 5.56 Å². The number of amides is 1. The maximum atomic E-state index is 13.3. The van der Waals surface area contributed by atoms with Crippen LogP contribution in [0.4, 0.5) is 5.69 Å². The zero-order valence-corrected chi connectivity index (χ0v) is 19.2. The number of nitrogens with one attached hydrogen (secondary N) is 1. The lowest BCUT2D eigenvalue weighted by atomic mass is 10.0. The minimum atomic E-state index is -0.260. The first-order valence-electron chi connectivity index (χ1n) is 10.6. The fourth-order valence-electron chi connectivity index (χ4n) is 3.78. The van der Waals surface area contributed by atoms with Crippen LogP contribution in [0, 0.1) is 6.92 Å². The summed E-state index contributed by atoms with van der Waals surface area (Å²) in [6.45, 7) is 6.46. The number of hydrogen-bond donors (Lipinski definition) is 1. The molecule has 7 heteroatoms. The Balaban J connectivity index is 1.67. The number of benzene rings is 2. The normalized spacial score (nSPS) is 11.0. The first kappa shape index (κ1) is 21.8. The molecule has 0 aliphatic heterocycles. The third kappa shape index (κ3) is 4.29. The van der Waals surface area contributed by atoms with E-state index in [1.165, 1.54) is 22.2 Å². The van der Waals surface area contributed by atoms with Crippen molar-refractivity contribution in [1.82, 2.24) is 9.55 Å². The van der Waals surface area contributed by atoms with Crippen LogP contribution in [0.3, 0.4) is 0 Å². The Bertz CT molecular complexity index is 1320. The van der Waals surface area contributed by atoms with Crippen LogP contribution in [0.15, 0.2) is 59.7 Å². The largest absolute Gasteiger partial charge is 0.494 e. The Kier molecular flexibility index (Phi) is 6.37. The zero-order chi connectivity index (χ0) is 22.7. The van der Waals surface area contributed by atoms with Gasteiger partial charge in [0.05, 0.1) is 18.3 Å². The summed E-state index contributed by atoms with van der Waals surface area (Å²) in [7, 11) is 0. The fourth-order valence-corrected chi connectivity index (χ4v) is 4.78. The number of fused-ring (bicyclic) bond motifs is 1. The lowest BCUT2D eigenvalue weighted by Crippen LogP contribution is -2.28. The second-order valence-electron chi connectivity index (χ2n) is 7.41. The number of anilines is 1. The Morgan fingerprint density at radius 2 is 1.88 bits per heavy atom. The van der Waals surface area contributed by atoms with Gasteiger partial charge in [-0.05, 0) is 49.6 Å². The number of hydrogen-bond acceptors (Lipinski definition) is 5. The summed E-state index contributed by atoms with van der Waals surface area (Å²) in [6.07, 6.45) is 2.26. The molecule has 0 bridgehead atoms. The first-order valence-corrected chi connectivity index (χ1v) is 11.4. The van der Waals surface area contributed by atoms with Crippen LogP contribution >= 0.6 is 11.3 Å². The third-order valence-electron chi connectivity index (χ3n) is 5.30. The summed E-state index contributed by atoms with van der Waals surface area (Å²) in [5, 5.41) is 3.46. The van der Waals surface area contributed by atoms with Gasteiger partial charge in [0.1, 0.15) is 17.1 Å². The van der Waals surface area contributed by atoms with E-state index >= 15 is 0 Å². The van der Waals surface area contributed by atoms with E-state index in [-0.39, 0.29) is 18.0 Å². The number of rotatable bonds is 7. The Labute approximate surface area is 190 Å². The molecule has 4 aromatic rings. The van der Waals surface area contributed by atoms with E-state index < -0.39 is 0 Å². The van der Waals surface area contributed by atoms with Crippen molar-refractivity contribution in [3.63, 3.8) is 0 Å². The van der Waals surface area contributed by atoms with Crippen molar-refractivity contribution in [2.24, 2.45) is 0 Å². The molecular weight excluding hydrogens is 422 g/mol. The van der Waals surface area contributed by atoms with Gasteiger partial charge in [-0.2, -0.15) is 0 Å². The number of ether oxygens (including phenoxy) is 1. The number of thiophene rings is 1. The van der Waals surface area contributed by atoms with E-state index in [2.05, 4.69) is 10.3 Å². The van der Waals surface area contributed by atoms with Gasteiger partial charge in [0.15, 0.2) is 0 Å². The number of para-hydroxylation sites is 1. The van der Waals surface area contributed by atoms with Crippen LogP contribution in [0.5, 0.6) is 5.75 Å². The van der Waals surface area contributed by atoms with E-state index in [1.807, 2.05) is 69.3 Å². The molecule has 0 spiro atoms. The molecule has 1 N–H and O–H groups in total. The molecule has 2 aromatic carbocycles. The van der Waals surface area contributed by atoms with Gasteiger partial charge in [-0.3, -0.25) is 14.2 Å². The maximum absolute atomic E-state index is 13.3. The van der Waals surface area contributed by atoms with E-state index in [4.69, 9.17) is 4.74 Å². The van der Waals surface area contributed by atoms with Gasteiger partial charge < -0.3 is 10.1 Å². The maximum Gasteiger partial charge on any atom is 0.263 e. The molecule has 2 aromatic heterocycles. The standard InChI is InChI=1S/C25H25N3O3S/c1-4-17-8-6-7-9-20(17)27-21(29)14-28-15-26-24-23(25(28)30)22(16(3)32-24)18-10-12-19(13-11-18)31-5-2/h6-13,15H,4-5,14H2,1-3H3,(H,27,29). The number of aryl methyl sites for hydroxylation is 2. The van der Waals surface area contributed by atoms with E-state index in [1.54, 1.807) is 0 Å². The van der Waals surface area contributed by atoms with E-state index in [0.29, 0.717) is 16.8 Å². The molecule has 0 aliphatic rings. The first-order chi connectivity index (χ1) is 15.5. The molecule has 0 saturated carbocycles. The van der Waals surface area contributed by atoms with Crippen LogP contribution in [0.1, 0.15) is 24.3 Å². The van der Waals surface area contributed by atoms with Gasteiger partial charge in [-0.15, -0.1) is 11.3 Å². The number of nitrogens with zero attached hydrogens (tertiary/aromatic N) is 2. The minimum Gasteiger partial charge on any atom is -0.494 e. The SMILES string of the molecule is CCOc1ccc(-c2c(C)sc3ncn(CC(=O)Nc4ccccc4CC)c(=O)c23)cc1. The lowest BCUT2D eigenvalue weighted by molar-refractivity contribution is -0.116. The molecular formula is C25H25N3O3S. The summed E-state index contributed by atoms with van der Waals surface area (Å²) < 4.78 is 6.90. The number of carbonyl (C=O) groups is 1. The molecule has 164 valence electrons.